The molecular formula is C19H29N3O4S. The van der Waals surface area contributed by atoms with Crippen LogP contribution in [0.3, 0.4) is 0 Å². The molecule has 8 heteroatoms. The molecule has 7 nitrogen and oxygen atoms in total. The third kappa shape index (κ3) is 5.62. The van der Waals surface area contributed by atoms with Crippen molar-refractivity contribution >= 4 is 9.84 Å². The van der Waals surface area contributed by atoms with Crippen molar-refractivity contribution < 1.29 is 18.6 Å². The summed E-state index contributed by atoms with van der Waals surface area (Å²) in [5, 5.41) is 18.0. The first-order valence-corrected chi connectivity index (χ1v) is 10.7. The predicted octanol–water partition coefficient (Wildman–Crippen LogP) is 1.09. The summed E-state index contributed by atoms with van der Waals surface area (Å²) in [6.45, 7) is 4.94. The Hall–Kier alpha value is -1.74. The second-order valence-electron chi connectivity index (χ2n) is 6.74. The molecule has 2 N–H and O–H groups in total. The van der Waals surface area contributed by atoms with Gasteiger partial charge in [-0.2, -0.15) is 0 Å². The molecule has 2 aromatic rings. The molecular weight excluding hydrogens is 366 g/mol. The van der Waals surface area contributed by atoms with Crippen LogP contribution in [-0.2, 0) is 29.3 Å². The van der Waals surface area contributed by atoms with E-state index in [1.54, 1.807) is 24.6 Å². The van der Waals surface area contributed by atoms with Crippen LogP contribution in [0, 0.1) is 0 Å². The zero-order valence-electron chi connectivity index (χ0n) is 16.0. The molecule has 0 unspecified atom stereocenters. The van der Waals surface area contributed by atoms with Crippen molar-refractivity contribution in [1.82, 2.24) is 14.5 Å². The number of hydrogen-bond acceptors (Lipinski definition) is 6. The van der Waals surface area contributed by atoms with Crippen molar-refractivity contribution in [2.75, 3.05) is 26.3 Å². The molecule has 0 aliphatic carbocycles. The van der Waals surface area contributed by atoms with E-state index in [4.69, 9.17) is 0 Å². The minimum Gasteiger partial charge on any atom is -0.395 e. The third-order valence-corrected chi connectivity index (χ3v) is 6.54. The van der Waals surface area contributed by atoms with Crippen LogP contribution >= 0.6 is 0 Å². The average molecular weight is 396 g/mol. The molecule has 0 saturated carbocycles. The molecule has 0 bridgehead atoms. The van der Waals surface area contributed by atoms with Gasteiger partial charge in [0.15, 0.2) is 0 Å². The van der Waals surface area contributed by atoms with Crippen molar-refractivity contribution in [3.8, 4) is 0 Å². The van der Waals surface area contributed by atoms with E-state index in [2.05, 4.69) is 4.98 Å². The lowest BCUT2D eigenvalue weighted by Crippen LogP contribution is -2.31. The molecule has 0 aliphatic heterocycles. The average Bonchev–Trinajstić information content (AvgIpc) is 3.04. The molecule has 2 rings (SSSR count). The lowest BCUT2D eigenvalue weighted by Gasteiger charge is -2.21. The Morgan fingerprint density at radius 1 is 1.11 bits per heavy atom. The SMILES string of the molecule is CC(C)S(=O)(=O)c1ncc(CN(CCO)CCO)n1CCc1ccccc1. The molecule has 0 amide bonds. The normalized spacial score (nSPS) is 12.2. The Bertz CT molecular complexity index is 798. The topological polar surface area (TPSA) is 95.7 Å². The summed E-state index contributed by atoms with van der Waals surface area (Å²) < 4.78 is 27.2. The highest BCUT2D eigenvalue weighted by molar-refractivity contribution is 7.91. The van der Waals surface area contributed by atoms with Gasteiger partial charge in [0.1, 0.15) is 0 Å². The monoisotopic (exact) mass is 395 g/mol. The van der Waals surface area contributed by atoms with Gasteiger partial charge >= 0.3 is 0 Å². The first-order valence-electron chi connectivity index (χ1n) is 9.16. The smallest absolute Gasteiger partial charge is 0.228 e. The second kappa shape index (κ2) is 9.98. The Labute approximate surface area is 161 Å². The van der Waals surface area contributed by atoms with Crippen LogP contribution in [0.15, 0.2) is 41.7 Å². The maximum atomic E-state index is 12.7. The Morgan fingerprint density at radius 2 is 1.74 bits per heavy atom. The van der Waals surface area contributed by atoms with Crippen LogP contribution in [0.1, 0.15) is 25.1 Å². The van der Waals surface area contributed by atoms with Gasteiger partial charge in [0.05, 0.1) is 30.4 Å². The number of hydrogen-bond donors (Lipinski definition) is 2. The molecule has 1 aromatic heterocycles. The van der Waals surface area contributed by atoms with Crippen LogP contribution < -0.4 is 0 Å². The number of aliphatic hydroxyl groups excluding tert-OH is 2. The van der Waals surface area contributed by atoms with E-state index in [9.17, 15) is 18.6 Å². The van der Waals surface area contributed by atoms with E-state index in [0.717, 1.165) is 11.3 Å². The first-order chi connectivity index (χ1) is 12.9. The van der Waals surface area contributed by atoms with Gasteiger partial charge in [0.2, 0.25) is 15.0 Å². The molecule has 0 aliphatic rings. The Kier molecular flexibility index (Phi) is 7.97. The van der Waals surface area contributed by atoms with Gasteiger partial charge in [0, 0.05) is 26.2 Å². The van der Waals surface area contributed by atoms with Gasteiger partial charge in [-0.25, -0.2) is 13.4 Å². The molecule has 0 radical (unpaired) electrons. The second-order valence-corrected chi connectivity index (χ2v) is 9.13. The third-order valence-electron chi connectivity index (χ3n) is 4.46. The zero-order valence-corrected chi connectivity index (χ0v) is 16.8. The maximum absolute atomic E-state index is 12.7. The molecule has 27 heavy (non-hydrogen) atoms. The maximum Gasteiger partial charge on any atom is 0.228 e. The summed E-state index contributed by atoms with van der Waals surface area (Å²) in [5.74, 6) is 0. The lowest BCUT2D eigenvalue weighted by molar-refractivity contribution is 0.153. The van der Waals surface area contributed by atoms with E-state index in [1.807, 2.05) is 35.2 Å². The number of benzene rings is 1. The summed E-state index contributed by atoms with van der Waals surface area (Å²) in [6.07, 6.45) is 2.27. The molecule has 150 valence electrons. The van der Waals surface area contributed by atoms with Crippen LogP contribution in [0.2, 0.25) is 0 Å². The highest BCUT2D eigenvalue weighted by Crippen LogP contribution is 2.19. The van der Waals surface area contributed by atoms with Gasteiger partial charge in [-0.15, -0.1) is 0 Å². The number of aliphatic hydroxyl groups is 2. The summed E-state index contributed by atoms with van der Waals surface area (Å²) >= 11 is 0. The largest absolute Gasteiger partial charge is 0.395 e. The van der Waals surface area contributed by atoms with Crippen molar-refractivity contribution in [2.45, 2.75) is 43.8 Å². The van der Waals surface area contributed by atoms with Crippen molar-refractivity contribution in [1.29, 1.82) is 0 Å². The molecule has 0 atom stereocenters. The standard InChI is InChI=1S/C19H29N3O4S/c1-16(2)27(25,26)19-20-14-18(15-21(10-12-23)11-13-24)22(19)9-8-17-6-4-3-5-7-17/h3-7,14,16,23-24H,8-13,15H2,1-2H3. The fourth-order valence-corrected chi connectivity index (χ4v) is 4.00. The Morgan fingerprint density at radius 3 is 2.30 bits per heavy atom. The number of aryl methyl sites for hydroxylation is 1. The minimum atomic E-state index is -3.52. The van der Waals surface area contributed by atoms with Gasteiger partial charge in [-0.05, 0) is 25.8 Å². The van der Waals surface area contributed by atoms with Gasteiger partial charge < -0.3 is 14.8 Å². The fraction of sp³-hybridized carbons (Fsp3) is 0.526. The van der Waals surface area contributed by atoms with Crippen LogP contribution in [0.25, 0.3) is 0 Å². The molecule has 0 saturated heterocycles. The van der Waals surface area contributed by atoms with E-state index in [0.29, 0.717) is 32.6 Å². The number of rotatable bonds is 11. The number of imidazole rings is 1. The molecule has 0 fully saturated rings. The minimum absolute atomic E-state index is 0.0324. The summed E-state index contributed by atoms with van der Waals surface area (Å²) in [4.78, 5) is 6.09. The lowest BCUT2D eigenvalue weighted by atomic mass is 10.1. The van der Waals surface area contributed by atoms with Crippen LogP contribution in [-0.4, -0.2) is 64.6 Å². The van der Waals surface area contributed by atoms with E-state index in [1.165, 1.54) is 0 Å². The van der Waals surface area contributed by atoms with E-state index in [-0.39, 0.29) is 18.4 Å². The van der Waals surface area contributed by atoms with E-state index < -0.39 is 15.1 Å². The molecule has 0 spiro atoms. The summed E-state index contributed by atoms with van der Waals surface area (Å²) in [5.41, 5.74) is 1.87. The number of aromatic nitrogens is 2. The summed E-state index contributed by atoms with van der Waals surface area (Å²) in [6, 6.07) is 9.89. The van der Waals surface area contributed by atoms with E-state index >= 15 is 0 Å². The van der Waals surface area contributed by atoms with Crippen LogP contribution in [0.5, 0.6) is 0 Å². The Balaban J connectivity index is 2.33. The number of sulfone groups is 1. The molecule has 1 heterocycles. The zero-order chi connectivity index (χ0) is 19.9. The molecule has 1 aromatic carbocycles. The van der Waals surface area contributed by atoms with Crippen molar-refractivity contribution in [3.63, 3.8) is 0 Å². The fourth-order valence-electron chi connectivity index (χ4n) is 2.86. The predicted molar refractivity (Wildman–Crippen MR) is 104 cm³/mol. The highest BCUT2D eigenvalue weighted by atomic mass is 32.2. The highest BCUT2D eigenvalue weighted by Gasteiger charge is 2.27. The number of nitrogens with zero attached hydrogens (tertiary/aromatic N) is 3. The van der Waals surface area contributed by atoms with Gasteiger partial charge in [-0.3, -0.25) is 4.90 Å². The van der Waals surface area contributed by atoms with Crippen molar-refractivity contribution in [3.05, 3.63) is 47.8 Å². The van der Waals surface area contributed by atoms with Gasteiger partial charge in [-0.1, -0.05) is 30.3 Å². The van der Waals surface area contributed by atoms with Crippen LogP contribution in [0.4, 0.5) is 0 Å². The summed E-state index contributed by atoms with van der Waals surface area (Å²) in [7, 11) is -3.52. The van der Waals surface area contributed by atoms with Gasteiger partial charge in [0.25, 0.3) is 0 Å². The first kappa shape index (κ1) is 21.6. The quantitative estimate of drug-likeness (QED) is 0.591. The van der Waals surface area contributed by atoms with Crippen molar-refractivity contribution in [2.24, 2.45) is 0 Å².